The molecule has 0 saturated carbocycles. The molecule has 0 N–H and O–H groups in total. The molecule has 1 aliphatic heterocycles. The van der Waals surface area contributed by atoms with E-state index in [2.05, 4.69) is 15.9 Å². The van der Waals surface area contributed by atoms with Crippen molar-refractivity contribution >= 4 is 33.3 Å². The van der Waals surface area contributed by atoms with Crippen LogP contribution in [0.2, 0.25) is 0 Å². The van der Waals surface area contributed by atoms with Crippen molar-refractivity contribution in [2.75, 3.05) is 11.4 Å². The third kappa shape index (κ3) is 2.71. The van der Waals surface area contributed by atoms with Crippen LogP contribution in [0.15, 0.2) is 46.9 Å². The smallest absolute Gasteiger partial charge is 0.259 e. The zero-order chi connectivity index (χ0) is 15.7. The number of carbonyl (C=O) groups excluding carboxylic acids is 2. The van der Waals surface area contributed by atoms with Crippen molar-refractivity contribution in [3.05, 3.63) is 63.6 Å². The predicted octanol–water partition coefficient (Wildman–Crippen LogP) is 4.24. The van der Waals surface area contributed by atoms with Crippen LogP contribution in [-0.2, 0) is 6.42 Å². The van der Waals surface area contributed by atoms with Crippen molar-refractivity contribution in [2.24, 2.45) is 0 Å². The van der Waals surface area contributed by atoms with E-state index in [-0.39, 0.29) is 11.7 Å². The molecular weight excluding hydrogens is 342 g/mol. The highest BCUT2D eigenvalue weighted by atomic mass is 79.9. The van der Waals surface area contributed by atoms with Crippen LogP contribution in [-0.4, -0.2) is 18.2 Å². The van der Waals surface area contributed by atoms with Gasteiger partial charge in [0.05, 0.1) is 5.56 Å². The zero-order valence-electron chi connectivity index (χ0n) is 12.3. The van der Waals surface area contributed by atoms with Crippen LogP contribution in [0.1, 0.15) is 39.6 Å². The molecule has 0 atom stereocenters. The molecule has 3 rings (SSSR count). The van der Waals surface area contributed by atoms with E-state index in [1.165, 1.54) is 0 Å². The van der Waals surface area contributed by atoms with Crippen molar-refractivity contribution < 1.29 is 9.59 Å². The number of aryl methyl sites for hydroxylation is 1. The Morgan fingerprint density at radius 1 is 1.14 bits per heavy atom. The number of nitrogens with zero attached hydrogens (tertiary/aromatic N) is 1. The number of rotatable bonds is 2. The minimum atomic E-state index is -0.0332. The molecule has 1 heterocycles. The molecule has 2 aromatic carbocycles. The third-order valence-corrected chi connectivity index (χ3v) is 4.65. The topological polar surface area (TPSA) is 37.4 Å². The molecule has 4 heteroatoms. The minimum Gasteiger partial charge on any atom is -0.308 e. The number of hydrogen-bond donors (Lipinski definition) is 0. The second-order valence-electron chi connectivity index (χ2n) is 5.44. The van der Waals surface area contributed by atoms with E-state index in [1.807, 2.05) is 42.5 Å². The molecule has 0 radical (unpaired) electrons. The Kier molecular flexibility index (Phi) is 4.12. The van der Waals surface area contributed by atoms with E-state index >= 15 is 0 Å². The van der Waals surface area contributed by atoms with Gasteiger partial charge in [0.25, 0.3) is 5.91 Å². The molecule has 0 fully saturated rings. The van der Waals surface area contributed by atoms with Gasteiger partial charge in [-0.2, -0.15) is 0 Å². The van der Waals surface area contributed by atoms with Gasteiger partial charge in [-0.25, -0.2) is 0 Å². The van der Waals surface area contributed by atoms with Gasteiger partial charge in [-0.15, -0.1) is 0 Å². The molecule has 0 saturated heterocycles. The van der Waals surface area contributed by atoms with Crippen molar-refractivity contribution in [2.45, 2.75) is 19.8 Å². The Morgan fingerprint density at radius 2 is 1.91 bits per heavy atom. The van der Waals surface area contributed by atoms with Crippen LogP contribution in [0.5, 0.6) is 0 Å². The fraction of sp³-hybridized carbons (Fsp3) is 0.222. The van der Waals surface area contributed by atoms with E-state index in [0.717, 1.165) is 28.6 Å². The van der Waals surface area contributed by atoms with Crippen molar-refractivity contribution in [3.8, 4) is 0 Å². The van der Waals surface area contributed by atoms with Gasteiger partial charge in [-0.1, -0.05) is 24.3 Å². The van der Waals surface area contributed by atoms with Gasteiger partial charge >= 0.3 is 0 Å². The molecule has 3 nitrogen and oxygen atoms in total. The first-order valence-corrected chi connectivity index (χ1v) is 8.07. The minimum absolute atomic E-state index is 0.0154. The van der Waals surface area contributed by atoms with E-state index in [9.17, 15) is 9.59 Å². The molecule has 1 amide bonds. The SMILES string of the molecule is CC(=O)c1ccc2c(c1)N(C(=O)c1ccccc1Br)CCC2. The molecule has 2 aromatic rings. The highest BCUT2D eigenvalue weighted by Gasteiger charge is 2.25. The summed E-state index contributed by atoms with van der Waals surface area (Å²) in [5.41, 5.74) is 3.27. The maximum atomic E-state index is 12.9. The van der Waals surface area contributed by atoms with Gasteiger partial charge < -0.3 is 4.90 Å². The average molecular weight is 358 g/mol. The lowest BCUT2D eigenvalue weighted by Crippen LogP contribution is -2.35. The molecule has 0 spiro atoms. The van der Waals surface area contributed by atoms with Crippen LogP contribution in [0, 0.1) is 0 Å². The normalized spacial score (nSPS) is 13.6. The zero-order valence-corrected chi connectivity index (χ0v) is 13.9. The summed E-state index contributed by atoms with van der Waals surface area (Å²) >= 11 is 3.44. The molecule has 0 aromatic heterocycles. The molecule has 0 unspecified atom stereocenters. The number of carbonyl (C=O) groups is 2. The van der Waals surface area contributed by atoms with E-state index < -0.39 is 0 Å². The number of benzene rings is 2. The van der Waals surface area contributed by atoms with Crippen LogP contribution in [0.25, 0.3) is 0 Å². The summed E-state index contributed by atoms with van der Waals surface area (Å²) in [5.74, 6) is -0.0178. The van der Waals surface area contributed by atoms with Gasteiger partial charge in [-0.3, -0.25) is 9.59 Å². The lowest BCUT2D eigenvalue weighted by Gasteiger charge is -2.30. The lowest BCUT2D eigenvalue weighted by atomic mass is 9.97. The number of ketones is 1. The van der Waals surface area contributed by atoms with Gasteiger partial charge in [0.1, 0.15) is 0 Å². The summed E-state index contributed by atoms with van der Waals surface area (Å²) in [6.45, 7) is 2.22. The number of hydrogen-bond acceptors (Lipinski definition) is 2. The summed E-state index contributed by atoms with van der Waals surface area (Å²) in [6.07, 6.45) is 1.87. The first kappa shape index (κ1) is 15.0. The Morgan fingerprint density at radius 3 is 2.64 bits per heavy atom. The maximum Gasteiger partial charge on any atom is 0.259 e. The molecule has 1 aliphatic rings. The Hall–Kier alpha value is -1.94. The second-order valence-corrected chi connectivity index (χ2v) is 6.29. The van der Waals surface area contributed by atoms with Crippen molar-refractivity contribution in [3.63, 3.8) is 0 Å². The van der Waals surface area contributed by atoms with E-state index in [4.69, 9.17) is 0 Å². The fourth-order valence-corrected chi connectivity index (χ4v) is 3.24. The summed E-state index contributed by atoms with van der Waals surface area (Å²) in [7, 11) is 0. The van der Waals surface area contributed by atoms with Gasteiger partial charge in [-0.05, 0) is 59.5 Å². The van der Waals surface area contributed by atoms with Crippen LogP contribution in [0.4, 0.5) is 5.69 Å². The van der Waals surface area contributed by atoms with Gasteiger partial charge in [0, 0.05) is 22.3 Å². The van der Waals surface area contributed by atoms with Gasteiger partial charge in [0.2, 0.25) is 0 Å². The molecule has 112 valence electrons. The van der Waals surface area contributed by atoms with Gasteiger partial charge in [0.15, 0.2) is 5.78 Å². The number of halogens is 1. The Bertz CT molecular complexity index is 755. The van der Waals surface area contributed by atoms with Crippen LogP contribution >= 0.6 is 15.9 Å². The summed E-state index contributed by atoms with van der Waals surface area (Å²) in [5, 5.41) is 0. The summed E-state index contributed by atoms with van der Waals surface area (Å²) in [6, 6.07) is 13.1. The fourth-order valence-electron chi connectivity index (χ4n) is 2.78. The second kappa shape index (κ2) is 6.05. The molecule has 22 heavy (non-hydrogen) atoms. The average Bonchev–Trinajstić information content (AvgIpc) is 2.53. The first-order valence-electron chi connectivity index (χ1n) is 7.28. The Labute approximate surface area is 138 Å². The number of amides is 1. The lowest BCUT2D eigenvalue weighted by molar-refractivity contribution is 0.0980. The van der Waals surface area contributed by atoms with E-state index in [1.54, 1.807) is 11.8 Å². The van der Waals surface area contributed by atoms with Crippen molar-refractivity contribution in [1.29, 1.82) is 0 Å². The highest BCUT2D eigenvalue weighted by Crippen LogP contribution is 2.31. The summed E-state index contributed by atoms with van der Waals surface area (Å²) < 4.78 is 0.787. The Balaban J connectivity index is 2.04. The standard InChI is InChI=1S/C18H16BrNO2/c1-12(21)14-9-8-13-5-4-10-20(17(13)11-14)18(22)15-6-2-3-7-16(15)19/h2-3,6-9,11H,4-5,10H2,1H3. The van der Waals surface area contributed by atoms with Crippen molar-refractivity contribution in [1.82, 2.24) is 0 Å². The molecule has 0 bridgehead atoms. The highest BCUT2D eigenvalue weighted by molar-refractivity contribution is 9.10. The predicted molar refractivity (Wildman–Crippen MR) is 90.6 cm³/mol. The van der Waals surface area contributed by atoms with Crippen LogP contribution in [0.3, 0.4) is 0 Å². The van der Waals surface area contributed by atoms with E-state index in [0.29, 0.717) is 17.7 Å². The number of anilines is 1. The molecule has 0 aliphatic carbocycles. The largest absolute Gasteiger partial charge is 0.308 e. The number of Topliss-reactive ketones (excluding diaryl/α,β-unsaturated/α-hetero) is 1. The molecular formula is C18H16BrNO2. The van der Waals surface area contributed by atoms with Crippen LogP contribution < -0.4 is 4.90 Å². The third-order valence-electron chi connectivity index (χ3n) is 3.96. The maximum absolute atomic E-state index is 12.9. The quantitative estimate of drug-likeness (QED) is 0.753. The summed E-state index contributed by atoms with van der Waals surface area (Å²) in [4.78, 5) is 26.3. The monoisotopic (exact) mass is 357 g/mol. The first-order chi connectivity index (χ1) is 10.6. The number of fused-ring (bicyclic) bond motifs is 1.